The highest BCUT2D eigenvalue weighted by molar-refractivity contribution is 5.82. The van der Waals surface area contributed by atoms with Gasteiger partial charge in [-0.1, -0.05) is 5.11 Å². The van der Waals surface area contributed by atoms with Gasteiger partial charge < -0.3 is 10.0 Å². The molecule has 1 saturated heterocycles. The van der Waals surface area contributed by atoms with Crippen molar-refractivity contribution in [2.24, 2.45) is 5.11 Å². The zero-order chi connectivity index (χ0) is 12.3. The van der Waals surface area contributed by atoms with Crippen molar-refractivity contribution in [1.29, 1.82) is 0 Å². The van der Waals surface area contributed by atoms with Crippen LogP contribution in [-0.4, -0.2) is 47.3 Å². The second-order valence-electron chi connectivity index (χ2n) is 3.38. The lowest BCUT2D eigenvalue weighted by Crippen LogP contribution is -2.52. The number of amides is 1. The van der Waals surface area contributed by atoms with Gasteiger partial charge in [-0.05, 0) is 12.0 Å². The lowest BCUT2D eigenvalue weighted by atomic mass is 10.0. The Morgan fingerprint density at radius 3 is 2.62 bits per heavy atom. The van der Waals surface area contributed by atoms with Gasteiger partial charge in [-0.15, -0.1) is 0 Å². The zero-order valence-electron chi connectivity index (χ0n) is 8.05. The SMILES string of the molecule is [N-]=[N+]=N[C@@H]1CCN(C(=O)C(F)(F)F)C[C@H]1O. The molecule has 2 atom stereocenters. The van der Waals surface area contributed by atoms with E-state index in [0.717, 1.165) is 0 Å². The summed E-state index contributed by atoms with van der Waals surface area (Å²) < 4.78 is 36.2. The summed E-state index contributed by atoms with van der Waals surface area (Å²) in [5.74, 6) is -1.98. The number of azide groups is 1. The molecule has 1 N–H and O–H groups in total. The lowest BCUT2D eigenvalue weighted by Gasteiger charge is -2.34. The molecule has 0 bridgehead atoms. The standard InChI is InChI=1S/C7H9F3N4O2/c8-7(9,10)6(16)14-2-1-4(12-13-11)5(15)3-14/h4-5,15H,1-3H2/t4-,5-/m1/s1. The topological polar surface area (TPSA) is 89.3 Å². The summed E-state index contributed by atoms with van der Waals surface area (Å²) in [5, 5.41) is 12.6. The Morgan fingerprint density at radius 2 is 2.19 bits per heavy atom. The van der Waals surface area contributed by atoms with Gasteiger partial charge in [-0.25, -0.2) is 0 Å². The van der Waals surface area contributed by atoms with Crippen molar-refractivity contribution in [2.75, 3.05) is 13.1 Å². The van der Waals surface area contributed by atoms with Crippen LogP contribution in [0.1, 0.15) is 6.42 Å². The number of rotatable bonds is 1. The highest BCUT2D eigenvalue weighted by Crippen LogP contribution is 2.22. The van der Waals surface area contributed by atoms with Crippen LogP contribution in [0.15, 0.2) is 5.11 Å². The molecule has 0 aromatic carbocycles. The maximum Gasteiger partial charge on any atom is 0.471 e. The van der Waals surface area contributed by atoms with Gasteiger partial charge in [0.05, 0.1) is 12.1 Å². The molecule has 0 aromatic heterocycles. The molecular weight excluding hydrogens is 229 g/mol. The summed E-state index contributed by atoms with van der Waals surface area (Å²) in [5.41, 5.74) is 8.13. The molecule has 6 nitrogen and oxygen atoms in total. The van der Waals surface area contributed by atoms with Crippen LogP contribution >= 0.6 is 0 Å². The highest BCUT2D eigenvalue weighted by atomic mass is 19.4. The number of β-amino-alcohol motifs (C(OH)–C–C–N with tert-alkyl or cyclic N) is 1. The minimum Gasteiger partial charge on any atom is -0.391 e. The Kier molecular flexibility index (Phi) is 3.61. The van der Waals surface area contributed by atoms with E-state index in [1.807, 2.05) is 0 Å². The predicted molar refractivity (Wildman–Crippen MR) is 46.2 cm³/mol. The molecule has 0 saturated carbocycles. The molecule has 0 spiro atoms. The van der Waals surface area contributed by atoms with E-state index >= 15 is 0 Å². The van der Waals surface area contributed by atoms with E-state index in [2.05, 4.69) is 10.0 Å². The molecule has 1 aliphatic heterocycles. The van der Waals surface area contributed by atoms with E-state index in [9.17, 15) is 23.1 Å². The van der Waals surface area contributed by atoms with E-state index in [1.165, 1.54) is 0 Å². The quantitative estimate of drug-likeness (QED) is 0.416. The molecule has 16 heavy (non-hydrogen) atoms. The third kappa shape index (κ3) is 2.77. The summed E-state index contributed by atoms with van der Waals surface area (Å²) in [7, 11) is 0. The molecule has 0 radical (unpaired) electrons. The first-order chi connectivity index (χ1) is 7.36. The van der Waals surface area contributed by atoms with Crippen molar-refractivity contribution in [3.8, 4) is 0 Å². The number of hydrogen-bond donors (Lipinski definition) is 1. The molecule has 0 unspecified atom stereocenters. The van der Waals surface area contributed by atoms with Gasteiger partial charge in [0.2, 0.25) is 0 Å². The fourth-order valence-corrected chi connectivity index (χ4v) is 1.48. The van der Waals surface area contributed by atoms with Crippen molar-refractivity contribution in [2.45, 2.75) is 24.7 Å². The molecule has 1 aliphatic rings. The normalized spacial score (nSPS) is 26.1. The van der Waals surface area contributed by atoms with Gasteiger partial charge in [-0.3, -0.25) is 4.79 Å². The molecule has 90 valence electrons. The Labute approximate surface area is 88.3 Å². The Hall–Kier alpha value is -1.47. The molecular formula is C7H9F3N4O2. The molecule has 1 amide bonds. The Morgan fingerprint density at radius 1 is 1.56 bits per heavy atom. The largest absolute Gasteiger partial charge is 0.471 e. The number of carbonyl (C=O) groups excluding carboxylic acids is 1. The Bertz CT molecular complexity index is 326. The van der Waals surface area contributed by atoms with Crippen molar-refractivity contribution < 1.29 is 23.1 Å². The fraction of sp³-hybridized carbons (Fsp3) is 0.857. The number of carbonyl (C=O) groups is 1. The second kappa shape index (κ2) is 4.58. The first-order valence-electron chi connectivity index (χ1n) is 4.44. The van der Waals surface area contributed by atoms with Crippen LogP contribution in [0.25, 0.3) is 10.4 Å². The summed E-state index contributed by atoms with van der Waals surface area (Å²) in [6.07, 6.45) is -6.17. The lowest BCUT2D eigenvalue weighted by molar-refractivity contribution is -0.188. The van der Waals surface area contributed by atoms with E-state index < -0.39 is 30.8 Å². The average Bonchev–Trinajstić information content (AvgIpc) is 2.19. The van der Waals surface area contributed by atoms with Gasteiger partial charge in [0.15, 0.2) is 0 Å². The first kappa shape index (κ1) is 12.6. The summed E-state index contributed by atoms with van der Waals surface area (Å²) in [6.45, 7) is -0.652. The van der Waals surface area contributed by atoms with Crippen LogP contribution in [0.5, 0.6) is 0 Å². The molecule has 0 aromatic rings. The second-order valence-corrected chi connectivity index (χ2v) is 3.38. The van der Waals surface area contributed by atoms with Crippen LogP contribution in [0.2, 0.25) is 0 Å². The maximum absolute atomic E-state index is 12.1. The monoisotopic (exact) mass is 238 g/mol. The molecule has 0 aliphatic carbocycles. The molecule has 1 rings (SSSR count). The van der Waals surface area contributed by atoms with E-state index in [-0.39, 0.29) is 13.0 Å². The fourth-order valence-electron chi connectivity index (χ4n) is 1.48. The summed E-state index contributed by atoms with van der Waals surface area (Å²) >= 11 is 0. The van der Waals surface area contributed by atoms with Crippen LogP contribution < -0.4 is 0 Å². The predicted octanol–water partition coefficient (Wildman–Crippen LogP) is 0.821. The molecule has 9 heteroatoms. The van der Waals surface area contributed by atoms with Crippen LogP contribution in [0.3, 0.4) is 0 Å². The number of nitrogens with zero attached hydrogens (tertiary/aromatic N) is 4. The van der Waals surface area contributed by atoms with Crippen LogP contribution in [-0.2, 0) is 4.79 Å². The number of aliphatic hydroxyl groups excluding tert-OH is 1. The number of piperidine rings is 1. The van der Waals surface area contributed by atoms with Crippen molar-refractivity contribution in [3.05, 3.63) is 10.4 Å². The summed E-state index contributed by atoms with van der Waals surface area (Å²) in [4.78, 5) is 13.8. The zero-order valence-corrected chi connectivity index (χ0v) is 8.05. The smallest absolute Gasteiger partial charge is 0.391 e. The van der Waals surface area contributed by atoms with Crippen LogP contribution in [0, 0.1) is 0 Å². The van der Waals surface area contributed by atoms with Gasteiger partial charge in [0.1, 0.15) is 0 Å². The third-order valence-electron chi connectivity index (χ3n) is 2.28. The van der Waals surface area contributed by atoms with E-state index in [0.29, 0.717) is 4.90 Å². The van der Waals surface area contributed by atoms with Crippen molar-refractivity contribution in [3.63, 3.8) is 0 Å². The number of alkyl halides is 3. The Balaban J connectivity index is 2.65. The number of aliphatic hydroxyl groups is 1. The summed E-state index contributed by atoms with van der Waals surface area (Å²) in [6, 6.07) is -0.776. The molecule has 1 heterocycles. The van der Waals surface area contributed by atoms with Gasteiger partial charge in [0.25, 0.3) is 0 Å². The van der Waals surface area contributed by atoms with Gasteiger partial charge >= 0.3 is 12.1 Å². The maximum atomic E-state index is 12.1. The van der Waals surface area contributed by atoms with Crippen molar-refractivity contribution in [1.82, 2.24) is 4.90 Å². The average molecular weight is 238 g/mol. The van der Waals surface area contributed by atoms with Crippen LogP contribution in [0.4, 0.5) is 13.2 Å². The minimum absolute atomic E-state index is 0.0209. The number of likely N-dealkylation sites (tertiary alicyclic amines) is 1. The van der Waals surface area contributed by atoms with Crippen molar-refractivity contribution >= 4 is 5.91 Å². The minimum atomic E-state index is -4.94. The molecule has 1 fully saturated rings. The first-order valence-corrected chi connectivity index (χ1v) is 4.44. The number of hydrogen-bond acceptors (Lipinski definition) is 3. The van der Waals surface area contributed by atoms with Gasteiger partial charge in [-0.2, -0.15) is 13.2 Å². The number of halogens is 3. The highest BCUT2D eigenvalue weighted by Gasteiger charge is 2.44. The van der Waals surface area contributed by atoms with E-state index in [4.69, 9.17) is 5.53 Å². The van der Waals surface area contributed by atoms with E-state index in [1.54, 1.807) is 0 Å². The van der Waals surface area contributed by atoms with Gasteiger partial charge in [0, 0.05) is 18.0 Å². The third-order valence-corrected chi connectivity index (χ3v) is 2.28.